The number of hydrogen-bond donors (Lipinski definition) is 0. The molecule has 4 heteroatoms. The number of unbranched alkanes of at least 4 members (excludes halogenated alkanes) is 2. The average molecular weight is 348 g/mol. The summed E-state index contributed by atoms with van der Waals surface area (Å²) in [7, 11) is 0. The number of fused-ring (bicyclic) bond motifs is 1. The first-order valence-corrected chi connectivity index (χ1v) is 8.67. The first kappa shape index (κ1) is 17.7. The van der Waals surface area contributed by atoms with Crippen LogP contribution in [0.2, 0.25) is 0 Å². The SMILES string of the molecule is CCCCCC1=Cc2cc(F)c(-c3ccc(F)c(F)c3)c(F)c2CC1. The van der Waals surface area contributed by atoms with Gasteiger partial charge in [-0.25, -0.2) is 17.6 Å². The molecule has 0 saturated carbocycles. The Kier molecular flexibility index (Phi) is 5.26. The summed E-state index contributed by atoms with van der Waals surface area (Å²) in [5.41, 5.74) is 1.93. The number of hydrogen-bond acceptors (Lipinski definition) is 0. The second-order valence-electron chi connectivity index (χ2n) is 6.50. The van der Waals surface area contributed by atoms with Crippen LogP contribution in [0.5, 0.6) is 0 Å². The van der Waals surface area contributed by atoms with E-state index in [-0.39, 0.29) is 11.1 Å². The van der Waals surface area contributed by atoms with Gasteiger partial charge in [0.2, 0.25) is 0 Å². The maximum atomic E-state index is 14.9. The highest BCUT2D eigenvalue weighted by Crippen LogP contribution is 2.36. The number of rotatable bonds is 5. The van der Waals surface area contributed by atoms with E-state index in [4.69, 9.17) is 0 Å². The molecule has 0 N–H and O–H groups in total. The molecule has 3 rings (SSSR count). The van der Waals surface area contributed by atoms with E-state index in [0.29, 0.717) is 17.5 Å². The van der Waals surface area contributed by atoms with E-state index in [9.17, 15) is 17.6 Å². The molecule has 0 unspecified atom stereocenters. The molecular formula is C21H20F4. The molecule has 0 fully saturated rings. The van der Waals surface area contributed by atoms with Crippen molar-refractivity contribution < 1.29 is 17.6 Å². The second kappa shape index (κ2) is 7.42. The highest BCUT2D eigenvalue weighted by atomic mass is 19.2. The van der Waals surface area contributed by atoms with Crippen LogP contribution in [0, 0.1) is 23.3 Å². The van der Waals surface area contributed by atoms with Crippen molar-refractivity contribution in [2.75, 3.05) is 0 Å². The molecule has 0 spiro atoms. The van der Waals surface area contributed by atoms with Crippen molar-refractivity contribution >= 4 is 6.08 Å². The molecule has 0 aromatic heterocycles. The molecule has 2 aromatic carbocycles. The third-order valence-electron chi connectivity index (χ3n) is 4.72. The van der Waals surface area contributed by atoms with E-state index in [1.54, 1.807) is 0 Å². The molecule has 0 radical (unpaired) electrons. The van der Waals surface area contributed by atoms with Crippen LogP contribution in [0.25, 0.3) is 17.2 Å². The Balaban J connectivity index is 1.99. The van der Waals surface area contributed by atoms with Crippen LogP contribution in [-0.4, -0.2) is 0 Å². The van der Waals surface area contributed by atoms with Crippen LogP contribution in [0.1, 0.15) is 50.2 Å². The Morgan fingerprint density at radius 3 is 2.40 bits per heavy atom. The average Bonchev–Trinajstić information content (AvgIpc) is 2.58. The predicted octanol–water partition coefficient (Wildman–Crippen LogP) is 6.82. The van der Waals surface area contributed by atoms with Gasteiger partial charge in [0.05, 0.1) is 5.56 Å². The Morgan fingerprint density at radius 1 is 0.880 bits per heavy atom. The molecule has 1 aliphatic rings. The summed E-state index contributed by atoms with van der Waals surface area (Å²) in [5, 5.41) is 0. The van der Waals surface area contributed by atoms with Gasteiger partial charge in [-0.3, -0.25) is 0 Å². The van der Waals surface area contributed by atoms with Gasteiger partial charge in [0, 0.05) is 0 Å². The maximum Gasteiger partial charge on any atom is 0.159 e. The van der Waals surface area contributed by atoms with Crippen molar-refractivity contribution in [1.29, 1.82) is 0 Å². The lowest BCUT2D eigenvalue weighted by molar-refractivity contribution is 0.508. The standard InChI is InChI=1S/C21H20F4/c1-2-3-4-5-13-6-8-16-15(10-13)12-19(24)20(21(16)25)14-7-9-17(22)18(23)11-14/h7,9-12H,2-6,8H2,1H3. The maximum absolute atomic E-state index is 14.9. The normalized spacial score (nSPS) is 13.6. The minimum Gasteiger partial charge on any atom is -0.206 e. The van der Waals surface area contributed by atoms with Crippen LogP contribution in [0.4, 0.5) is 17.6 Å². The Labute approximate surface area is 145 Å². The summed E-state index contributed by atoms with van der Waals surface area (Å²) >= 11 is 0. The quantitative estimate of drug-likeness (QED) is 0.411. The van der Waals surface area contributed by atoms with Crippen molar-refractivity contribution in [2.45, 2.75) is 45.4 Å². The van der Waals surface area contributed by atoms with Crippen molar-refractivity contribution in [1.82, 2.24) is 0 Å². The van der Waals surface area contributed by atoms with Gasteiger partial charge >= 0.3 is 0 Å². The molecule has 0 saturated heterocycles. The van der Waals surface area contributed by atoms with Crippen LogP contribution in [0.3, 0.4) is 0 Å². The summed E-state index contributed by atoms with van der Waals surface area (Å²) in [6.45, 7) is 2.13. The van der Waals surface area contributed by atoms with Gasteiger partial charge in [-0.1, -0.05) is 37.5 Å². The van der Waals surface area contributed by atoms with Crippen LogP contribution < -0.4 is 0 Å². The smallest absolute Gasteiger partial charge is 0.159 e. The van der Waals surface area contributed by atoms with Gasteiger partial charge in [-0.15, -0.1) is 0 Å². The highest BCUT2D eigenvalue weighted by molar-refractivity contribution is 5.71. The summed E-state index contributed by atoms with van der Waals surface area (Å²) in [6, 6.07) is 4.21. The minimum atomic E-state index is -1.12. The molecule has 0 atom stereocenters. The number of halogens is 4. The molecular weight excluding hydrogens is 328 g/mol. The van der Waals surface area contributed by atoms with Crippen molar-refractivity contribution in [3.63, 3.8) is 0 Å². The zero-order valence-electron chi connectivity index (χ0n) is 14.1. The molecule has 2 aromatic rings. The second-order valence-corrected chi connectivity index (χ2v) is 6.50. The Bertz CT molecular complexity index is 821. The zero-order chi connectivity index (χ0) is 18.0. The van der Waals surface area contributed by atoms with Gasteiger partial charge in [0.25, 0.3) is 0 Å². The number of benzene rings is 2. The van der Waals surface area contributed by atoms with Gasteiger partial charge in [0.1, 0.15) is 11.6 Å². The third-order valence-corrected chi connectivity index (χ3v) is 4.72. The van der Waals surface area contributed by atoms with Crippen molar-refractivity contribution in [2.24, 2.45) is 0 Å². The lowest BCUT2D eigenvalue weighted by Gasteiger charge is -2.19. The molecule has 0 heterocycles. The largest absolute Gasteiger partial charge is 0.206 e. The summed E-state index contributed by atoms with van der Waals surface area (Å²) < 4.78 is 55.9. The van der Waals surface area contributed by atoms with Crippen molar-refractivity contribution in [3.05, 3.63) is 64.2 Å². The van der Waals surface area contributed by atoms with E-state index in [0.717, 1.165) is 44.2 Å². The fourth-order valence-corrected chi connectivity index (χ4v) is 3.35. The lowest BCUT2D eigenvalue weighted by atomic mass is 9.87. The van der Waals surface area contributed by atoms with Crippen LogP contribution >= 0.6 is 0 Å². The Hall–Kier alpha value is -2.10. The van der Waals surface area contributed by atoms with Crippen LogP contribution in [0.15, 0.2) is 29.8 Å². The first-order chi connectivity index (χ1) is 12.0. The monoisotopic (exact) mass is 348 g/mol. The topological polar surface area (TPSA) is 0 Å². The lowest BCUT2D eigenvalue weighted by Crippen LogP contribution is -2.06. The summed E-state index contributed by atoms with van der Waals surface area (Å²) in [5.74, 6) is -3.59. The molecule has 1 aliphatic carbocycles. The third kappa shape index (κ3) is 3.63. The van der Waals surface area contributed by atoms with E-state index in [1.165, 1.54) is 17.7 Å². The van der Waals surface area contributed by atoms with Gasteiger partial charge < -0.3 is 0 Å². The van der Waals surface area contributed by atoms with Gasteiger partial charge in [-0.2, -0.15) is 0 Å². The van der Waals surface area contributed by atoms with Gasteiger partial charge in [0.15, 0.2) is 11.6 Å². The van der Waals surface area contributed by atoms with E-state index in [2.05, 4.69) is 6.92 Å². The van der Waals surface area contributed by atoms with E-state index in [1.807, 2.05) is 6.08 Å². The van der Waals surface area contributed by atoms with E-state index < -0.39 is 23.3 Å². The highest BCUT2D eigenvalue weighted by Gasteiger charge is 2.22. The molecule has 0 aliphatic heterocycles. The van der Waals surface area contributed by atoms with Crippen molar-refractivity contribution in [3.8, 4) is 11.1 Å². The molecule has 25 heavy (non-hydrogen) atoms. The summed E-state index contributed by atoms with van der Waals surface area (Å²) in [6.07, 6.45) is 7.41. The Morgan fingerprint density at radius 2 is 1.68 bits per heavy atom. The zero-order valence-corrected chi connectivity index (χ0v) is 14.1. The molecule has 132 valence electrons. The fraction of sp³-hybridized carbons (Fsp3) is 0.333. The molecule has 0 bridgehead atoms. The first-order valence-electron chi connectivity index (χ1n) is 8.67. The van der Waals surface area contributed by atoms with E-state index >= 15 is 0 Å². The van der Waals surface area contributed by atoms with Crippen LogP contribution in [-0.2, 0) is 6.42 Å². The molecule has 0 amide bonds. The minimum absolute atomic E-state index is 0.00872. The number of allylic oxidation sites excluding steroid dienone is 1. The summed E-state index contributed by atoms with van der Waals surface area (Å²) in [4.78, 5) is 0. The van der Waals surface area contributed by atoms with Gasteiger partial charge in [-0.05, 0) is 60.6 Å². The fourth-order valence-electron chi connectivity index (χ4n) is 3.35. The predicted molar refractivity (Wildman–Crippen MR) is 92.2 cm³/mol. The molecule has 0 nitrogen and oxygen atoms in total.